The monoisotopic (exact) mass is 505 g/mol. The van der Waals surface area contributed by atoms with Crippen LogP contribution in [0.5, 0.6) is 11.5 Å². The number of hydrogen-bond donors (Lipinski definition) is 1. The summed E-state index contributed by atoms with van der Waals surface area (Å²) in [6.07, 6.45) is -4.97. The van der Waals surface area contributed by atoms with Crippen LogP contribution >= 0.6 is 0 Å². The molecule has 0 fully saturated rings. The maximum Gasteiger partial charge on any atom is 0.573 e. The summed E-state index contributed by atoms with van der Waals surface area (Å²) in [5, 5.41) is 4.78. The Bertz CT molecular complexity index is 1710. The van der Waals surface area contributed by atoms with Crippen molar-refractivity contribution in [3.8, 4) is 22.6 Å². The molecule has 4 aromatic carbocycles. The highest BCUT2D eigenvalue weighted by molar-refractivity contribution is 6.06. The average molecular weight is 505 g/mol. The summed E-state index contributed by atoms with van der Waals surface area (Å²) in [5.74, 6) is -0.677. The summed E-state index contributed by atoms with van der Waals surface area (Å²) in [6, 6.07) is 23.6. The van der Waals surface area contributed by atoms with Gasteiger partial charge in [-0.3, -0.25) is 4.79 Å². The van der Waals surface area contributed by atoms with Gasteiger partial charge in [0.2, 0.25) is 0 Å². The fourth-order valence-corrected chi connectivity index (χ4v) is 3.99. The van der Waals surface area contributed by atoms with Crippen molar-refractivity contribution in [1.82, 2.24) is 0 Å². The number of hydrogen-bond acceptors (Lipinski definition) is 5. The van der Waals surface area contributed by atoms with Gasteiger partial charge in [-0.2, -0.15) is 0 Å². The van der Waals surface area contributed by atoms with Gasteiger partial charge in [0.05, 0.1) is 7.11 Å². The zero-order valence-corrected chi connectivity index (χ0v) is 19.3. The van der Waals surface area contributed by atoms with Crippen molar-refractivity contribution >= 4 is 33.3 Å². The van der Waals surface area contributed by atoms with Gasteiger partial charge in [-0.15, -0.1) is 13.2 Å². The number of fused-ring (bicyclic) bond motifs is 2. The Hall–Kier alpha value is -4.79. The second-order valence-electron chi connectivity index (χ2n) is 8.13. The topological polar surface area (TPSA) is 77.8 Å². The zero-order chi connectivity index (χ0) is 26.2. The van der Waals surface area contributed by atoms with Crippen molar-refractivity contribution in [1.29, 1.82) is 0 Å². The molecule has 1 aromatic heterocycles. The van der Waals surface area contributed by atoms with Crippen LogP contribution in [-0.4, -0.2) is 19.4 Å². The Morgan fingerprint density at radius 2 is 1.57 bits per heavy atom. The molecule has 9 heteroatoms. The van der Waals surface area contributed by atoms with Crippen molar-refractivity contribution in [2.75, 3.05) is 12.4 Å². The Labute approximate surface area is 207 Å². The van der Waals surface area contributed by atoms with Crippen molar-refractivity contribution in [2.45, 2.75) is 6.36 Å². The maximum atomic E-state index is 12.9. The van der Waals surface area contributed by atoms with Crippen LogP contribution in [0.15, 0.2) is 94.1 Å². The first-order valence-electron chi connectivity index (χ1n) is 11.0. The van der Waals surface area contributed by atoms with Gasteiger partial charge in [0, 0.05) is 11.1 Å². The van der Waals surface area contributed by atoms with Gasteiger partial charge in [-0.25, -0.2) is 4.79 Å². The smallest absolute Gasteiger partial charge is 0.497 e. The number of benzene rings is 4. The number of halogens is 3. The molecule has 0 atom stereocenters. The minimum Gasteiger partial charge on any atom is -0.497 e. The van der Waals surface area contributed by atoms with Gasteiger partial charge < -0.3 is 19.2 Å². The Balaban J connectivity index is 1.42. The normalized spacial score (nSPS) is 11.5. The molecule has 0 radical (unpaired) electrons. The fraction of sp³-hybridized carbons (Fsp3) is 0.0714. The summed E-state index contributed by atoms with van der Waals surface area (Å²) in [6.45, 7) is 0. The molecule has 186 valence electrons. The number of ether oxygens (including phenoxy) is 2. The lowest BCUT2D eigenvalue weighted by atomic mass is 10.0. The number of amides is 1. The number of carbonyl (C=O) groups is 1. The van der Waals surface area contributed by atoms with Crippen LogP contribution in [0.1, 0.15) is 10.4 Å². The standard InChI is InChI=1S/C28H18F3NO5/c1-35-22-11-10-18-12-17(8-9-19(18)14-22)16-4-2-6-21(13-16)32-26(33)23-15-20-5-3-7-24(37-28(29,30)31)25(20)36-27(23)34/h2-15H,1H3,(H,32,33). The van der Waals surface area contributed by atoms with Gasteiger partial charge in [0.25, 0.3) is 5.91 Å². The van der Waals surface area contributed by atoms with E-state index in [9.17, 15) is 22.8 Å². The second-order valence-corrected chi connectivity index (χ2v) is 8.13. The molecule has 6 nitrogen and oxygen atoms in total. The fourth-order valence-electron chi connectivity index (χ4n) is 3.99. The van der Waals surface area contributed by atoms with Gasteiger partial charge in [-0.05, 0) is 64.4 Å². The first-order chi connectivity index (χ1) is 17.7. The first-order valence-corrected chi connectivity index (χ1v) is 11.0. The SMILES string of the molecule is COc1ccc2cc(-c3cccc(NC(=O)c4cc5cccc(OC(F)(F)F)c5oc4=O)c3)ccc2c1. The molecule has 0 aliphatic rings. The average Bonchev–Trinajstić information content (AvgIpc) is 2.87. The quantitative estimate of drug-likeness (QED) is 0.267. The van der Waals surface area contributed by atoms with Crippen LogP contribution in [0, 0.1) is 0 Å². The molecule has 1 N–H and O–H groups in total. The molecule has 37 heavy (non-hydrogen) atoms. The molecular formula is C28H18F3NO5. The third kappa shape index (κ3) is 5.11. The first kappa shape index (κ1) is 23.9. The molecule has 1 heterocycles. The van der Waals surface area contributed by atoms with E-state index in [1.165, 1.54) is 18.2 Å². The summed E-state index contributed by atoms with van der Waals surface area (Å²) in [5.41, 5.74) is 0.306. The molecule has 0 aliphatic heterocycles. The maximum absolute atomic E-state index is 12.9. The molecular weight excluding hydrogens is 487 g/mol. The number of rotatable bonds is 5. The van der Waals surface area contributed by atoms with Crippen molar-refractivity contribution < 1.29 is 31.9 Å². The van der Waals surface area contributed by atoms with E-state index in [1.54, 1.807) is 25.3 Å². The van der Waals surface area contributed by atoms with Gasteiger partial charge >= 0.3 is 12.0 Å². The van der Waals surface area contributed by atoms with Gasteiger partial charge in [0.1, 0.15) is 11.3 Å². The molecule has 0 saturated heterocycles. The van der Waals surface area contributed by atoms with Crippen LogP contribution in [0.25, 0.3) is 32.9 Å². The van der Waals surface area contributed by atoms with E-state index >= 15 is 0 Å². The molecule has 5 aromatic rings. The molecule has 0 aliphatic carbocycles. The van der Waals surface area contributed by atoms with Crippen LogP contribution in [-0.2, 0) is 0 Å². The van der Waals surface area contributed by atoms with E-state index in [0.29, 0.717) is 5.69 Å². The van der Waals surface area contributed by atoms with E-state index in [-0.39, 0.29) is 10.9 Å². The Kier molecular flexibility index (Phi) is 6.04. The molecule has 0 spiro atoms. The Morgan fingerprint density at radius 1 is 0.838 bits per heavy atom. The van der Waals surface area contributed by atoms with Crippen molar-refractivity contribution in [3.05, 3.63) is 101 Å². The number of nitrogens with one attached hydrogen (secondary N) is 1. The number of para-hydroxylation sites is 1. The number of carbonyl (C=O) groups excluding carboxylic acids is 1. The summed E-state index contributed by atoms with van der Waals surface area (Å²) in [7, 11) is 1.61. The highest BCUT2D eigenvalue weighted by Gasteiger charge is 2.32. The highest BCUT2D eigenvalue weighted by Crippen LogP contribution is 2.31. The predicted molar refractivity (Wildman–Crippen MR) is 133 cm³/mol. The Morgan fingerprint density at radius 3 is 2.35 bits per heavy atom. The largest absolute Gasteiger partial charge is 0.573 e. The van der Waals surface area contributed by atoms with E-state index in [2.05, 4.69) is 10.1 Å². The molecule has 5 rings (SSSR count). The van der Waals surface area contributed by atoms with E-state index < -0.39 is 29.2 Å². The van der Waals surface area contributed by atoms with Crippen LogP contribution in [0.2, 0.25) is 0 Å². The van der Waals surface area contributed by atoms with Crippen molar-refractivity contribution in [3.63, 3.8) is 0 Å². The highest BCUT2D eigenvalue weighted by atomic mass is 19.4. The van der Waals surface area contributed by atoms with Crippen LogP contribution in [0.4, 0.5) is 18.9 Å². The predicted octanol–water partition coefficient (Wildman–Crippen LogP) is 6.77. The molecule has 1 amide bonds. The summed E-state index contributed by atoms with van der Waals surface area (Å²) in [4.78, 5) is 25.3. The van der Waals surface area contributed by atoms with Gasteiger partial charge in [-0.1, -0.05) is 42.5 Å². The van der Waals surface area contributed by atoms with E-state index in [4.69, 9.17) is 9.15 Å². The van der Waals surface area contributed by atoms with Crippen LogP contribution < -0.4 is 20.4 Å². The van der Waals surface area contributed by atoms with Crippen LogP contribution in [0.3, 0.4) is 0 Å². The summed E-state index contributed by atoms with van der Waals surface area (Å²) >= 11 is 0. The number of alkyl halides is 3. The molecule has 0 bridgehead atoms. The third-order valence-electron chi connectivity index (χ3n) is 5.70. The third-order valence-corrected chi connectivity index (χ3v) is 5.70. The summed E-state index contributed by atoms with van der Waals surface area (Å²) < 4.78 is 52.2. The lowest BCUT2D eigenvalue weighted by Gasteiger charge is -2.11. The lowest BCUT2D eigenvalue weighted by molar-refractivity contribution is -0.274. The van der Waals surface area contributed by atoms with Crippen molar-refractivity contribution in [2.24, 2.45) is 0 Å². The van der Waals surface area contributed by atoms with Gasteiger partial charge in [0.15, 0.2) is 11.3 Å². The minimum absolute atomic E-state index is 0.105. The second kappa shape index (κ2) is 9.34. The van der Waals surface area contributed by atoms with E-state index in [1.807, 2.05) is 42.5 Å². The molecule has 0 unspecified atom stereocenters. The van der Waals surface area contributed by atoms with E-state index in [0.717, 1.165) is 33.7 Å². The molecule has 0 saturated carbocycles. The number of anilines is 1. The minimum atomic E-state index is -4.97. The zero-order valence-electron chi connectivity index (χ0n) is 19.3. The number of methoxy groups -OCH3 is 1. The lowest BCUT2D eigenvalue weighted by Crippen LogP contribution is -2.21.